The molecule has 1 aliphatic heterocycles. The molecule has 1 atom stereocenters. The molecule has 7 nitrogen and oxygen atoms in total. The first-order valence-corrected chi connectivity index (χ1v) is 12.1. The molecule has 9 heteroatoms. The molecule has 1 aliphatic rings. The first kappa shape index (κ1) is 22.3. The highest BCUT2D eigenvalue weighted by molar-refractivity contribution is 7.99. The summed E-state index contributed by atoms with van der Waals surface area (Å²) in [5.74, 6) is -0.00180. The molecule has 0 aromatic heterocycles. The molecule has 0 saturated heterocycles. The topological polar surface area (TPSA) is 102 Å². The summed E-state index contributed by atoms with van der Waals surface area (Å²) in [6, 6.07) is 11.1. The molecule has 3 rings (SSSR count). The number of carbonyl (C=O) groups is 2. The predicted octanol–water partition coefficient (Wildman–Crippen LogP) is 3.40. The van der Waals surface area contributed by atoms with Crippen molar-refractivity contribution in [2.45, 2.75) is 42.5 Å². The van der Waals surface area contributed by atoms with Crippen LogP contribution in [0, 0.1) is 6.92 Å². The zero-order chi connectivity index (χ0) is 21.7. The zero-order valence-electron chi connectivity index (χ0n) is 16.8. The van der Waals surface area contributed by atoms with Crippen molar-refractivity contribution in [3.63, 3.8) is 0 Å². The average molecular weight is 449 g/mol. The Morgan fingerprint density at radius 1 is 1.23 bits per heavy atom. The van der Waals surface area contributed by atoms with Crippen molar-refractivity contribution in [2.24, 2.45) is 0 Å². The van der Waals surface area contributed by atoms with Crippen LogP contribution in [-0.2, 0) is 24.3 Å². The van der Waals surface area contributed by atoms with Crippen LogP contribution in [0.15, 0.2) is 52.3 Å². The van der Waals surface area contributed by atoms with Gasteiger partial charge in [0, 0.05) is 17.1 Å². The Morgan fingerprint density at radius 2 is 1.97 bits per heavy atom. The third-order valence-corrected chi connectivity index (χ3v) is 7.12. The number of fused-ring (bicyclic) bond motifs is 1. The van der Waals surface area contributed by atoms with E-state index in [-0.39, 0.29) is 23.8 Å². The van der Waals surface area contributed by atoms with Gasteiger partial charge < -0.3 is 10.1 Å². The number of thioether (sulfide) groups is 1. The van der Waals surface area contributed by atoms with Gasteiger partial charge in [-0.25, -0.2) is 13.1 Å². The van der Waals surface area contributed by atoms with E-state index in [1.807, 2.05) is 19.1 Å². The van der Waals surface area contributed by atoms with Gasteiger partial charge in [-0.2, -0.15) is 0 Å². The van der Waals surface area contributed by atoms with E-state index in [4.69, 9.17) is 4.74 Å². The van der Waals surface area contributed by atoms with Gasteiger partial charge in [-0.3, -0.25) is 9.59 Å². The molecule has 30 heavy (non-hydrogen) atoms. The number of carbonyl (C=O) groups excluding carboxylic acids is 2. The van der Waals surface area contributed by atoms with Crippen molar-refractivity contribution in [1.82, 2.24) is 4.72 Å². The molecule has 2 aromatic carbocycles. The lowest BCUT2D eigenvalue weighted by Gasteiger charge is -2.19. The number of nitrogens with one attached hydrogen (secondary N) is 2. The summed E-state index contributed by atoms with van der Waals surface area (Å²) in [6.45, 7) is 3.84. The number of anilines is 1. The predicted molar refractivity (Wildman–Crippen MR) is 116 cm³/mol. The summed E-state index contributed by atoms with van der Waals surface area (Å²) in [7, 11) is -3.96. The summed E-state index contributed by atoms with van der Waals surface area (Å²) in [4.78, 5) is 24.8. The molecule has 2 aromatic rings. The third-order valence-electron chi connectivity index (χ3n) is 4.58. The van der Waals surface area contributed by atoms with E-state index in [9.17, 15) is 18.0 Å². The quantitative estimate of drug-likeness (QED) is 0.630. The van der Waals surface area contributed by atoms with Crippen LogP contribution in [-0.4, -0.2) is 32.7 Å². The third kappa shape index (κ3) is 5.62. The fraction of sp³-hybridized carbons (Fsp3) is 0.333. The van der Waals surface area contributed by atoms with Crippen LogP contribution in [0.1, 0.15) is 36.9 Å². The number of esters is 1. The molecule has 0 saturated carbocycles. The number of rotatable bonds is 7. The standard InChI is InChI=1S/C21H24N2O5S2/c1-3-28-21(25)13-17(15-6-4-14(2)5-7-15)23-30(26,27)16-8-9-19-18(12-16)22-20(24)10-11-29-19/h4-9,12,17,23H,3,10-11,13H2,1-2H3,(H,22,24)/t17-/m0/s1. The summed E-state index contributed by atoms with van der Waals surface area (Å²) in [5.41, 5.74) is 2.16. The molecule has 1 heterocycles. The fourth-order valence-electron chi connectivity index (χ4n) is 3.03. The molecule has 0 aliphatic carbocycles. The monoisotopic (exact) mass is 448 g/mol. The van der Waals surface area contributed by atoms with Gasteiger partial charge in [-0.05, 0) is 37.6 Å². The van der Waals surface area contributed by atoms with Crippen molar-refractivity contribution in [1.29, 1.82) is 0 Å². The lowest BCUT2D eigenvalue weighted by Crippen LogP contribution is -2.31. The van der Waals surface area contributed by atoms with Crippen LogP contribution >= 0.6 is 11.8 Å². The molecule has 160 valence electrons. The maximum Gasteiger partial charge on any atom is 0.307 e. The van der Waals surface area contributed by atoms with Crippen molar-refractivity contribution in [2.75, 3.05) is 17.7 Å². The Labute approximate surface area is 180 Å². The van der Waals surface area contributed by atoms with E-state index in [0.717, 1.165) is 10.5 Å². The zero-order valence-corrected chi connectivity index (χ0v) is 18.4. The van der Waals surface area contributed by atoms with Crippen LogP contribution in [0.2, 0.25) is 0 Å². The summed E-state index contributed by atoms with van der Waals surface area (Å²) in [6.07, 6.45) is 0.238. The molecule has 0 bridgehead atoms. The normalized spacial score (nSPS) is 14.9. The highest BCUT2D eigenvalue weighted by Crippen LogP contribution is 2.33. The van der Waals surface area contributed by atoms with E-state index in [1.54, 1.807) is 25.1 Å². The molecular formula is C21H24N2O5S2. The summed E-state index contributed by atoms with van der Waals surface area (Å²) >= 11 is 1.50. The van der Waals surface area contributed by atoms with Crippen molar-refractivity contribution < 1.29 is 22.7 Å². The Morgan fingerprint density at radius 3 is 2.67 bits per heavy atom. The minimum Gasteiger partial charge on any atom is -0.466 e. The van der Waals surface area contributed by atoms with Crippen molar-refractivity contribution in [3.05, 3.63) is 53.6 Å². The van der Waals surface area contributed by atoms with Crippen LogP contribution in [0.4, 0.5) is 5.69 Å². The number of hydrogen-bond donors (Lipinski definition) is 2. The first-order valence-electron chi connectivity index (χ1n) is 9.59. The number of hydrogen-bond acceptors (Lipinski definition) is 6. The van der Waals surface area contributed by atoms with Gasteiger partial charge in [0.25, 0.3) is 0 Å². The summed E-state index contributed by atoms with van der Waals surface area (Å²) < 4.78 is 33.8. The molecular weight excluding hydrogens is 424 g/mol. The number of ether oxygens (including phenoxy) is 1. The molecule has 0 spiro atoms. The van der Waals surface area contributed by atoms with Gasteiger partial charge in [0.15, 0.2) is 0 Å². The van der Waals surface area contributed by atoms with E-state index in [0.29, 0.717) is 23.4 Å². The van der Waals surface area contributed by atoms with Crippen LogP contribution in [0.3, 0.4) is 0 Å². The molecule has 0 radical (unpaired) electrons. The SMILES string of the molecule is CCOC(=O)C[C@H](NS(=O)(=O)c1ccc2c(c1)NC(=O)CCS2)c1ccc(C)cc1. The molecule has 0 unspecified atom stereocenters. The first-order chi connectivity index (χ1) is 14.3. The van der Waals surface area contributed by atoms with Gasteiger partial charge in [-0.1, -0.05) is 29.8 Å². The number of aryl methyl sites for hydroxylation is 1. The fourth-order valence-corrected chi connectivity index (χ4v) is 5.22. The molecule has 2 N–H and O–H groups in total. The second-order valence-corrected chi connectivity index (χ2v) is 9.75. The average Bonchev–Trinajstić information content (AvgIpc) is 2.88. The highest BCUT2D eigenvalue weighted by Gasteiger charge is 2.26. The lowest BCUT2D eigenvalue weighted by atomic mass is 10.0. The molecule has 1 amide bonds. The Balaban J connectivity index is 1.89. The summed E-state index contributed by atoms with van der Waals surface area (Å²) in [5, 5.41) is 2.75. The van der Waals surface area contributed by atoms with E-state index < -0.39 is 22.0 Å². The van der Waals surface area contributed by atoms with E-state index in [1.165, 1.54) is 23.9 Å². The van der Waals surface area contributed by atoms with Crippen molar-refractivity contribution >= 4 is 39.3 Å². The maximum atomic E-state index is 13.1. The minimum atomic E-state index is -3.96. The van der Waals surface area contributed by atoms with Crippen LogP contribution in [0.5, 0.6) is 0 Å². The van der Waals surface area contributed by atoms with Crippen LogP contribution < -0.4 is 10.0 Å². The van der Waals surface area contributed by atoms with E-state index >= 15 is 0 Å². The van der Waals surface area contributed by atoms with Crippen LogP contribution in [0.25, 0.3) is 0 Å². The van der Waals surface area contributed by atoms with Gasteiger partial charge >= 0.3 is 5.97 Å². The van der Waals surface area contributed by atoms with Gasteiger partial charge in [-0.15, -0.1) is 11.8 Å². The van der Waals surface area contributed by atoms with Gasteiger partial charge in [0.2, 0.25) is 15.9 Å². The lowest BCUT2D eigenvalue weighted by molar-refractivity contribution is -0.143. The Bertz CT molecular complexity index is 1040. The van der Waals surface area contributed by atoms with Gasteiger partial charge in [0.05, 0.1) is 29.7 Å². The Kier molecular flexibility index (Phi) is 7.17. The second kappa shape index (κ2) is 9.63. The van der Waals surface area contributed by atoms with E-state index in [2.05, 4.69) is 10.0 Å². The maximum absolute atomic E-state index is 13.1. The van der Waals surface area contributed by atoms with Gasteiger partial charge in [0.1, 0.15) is 0 Å². The minimum absolute atomic E-state index is 0.0185. The number of sulfonamides is 1. The largest absolute Gasteiger partial charge is 0.466 e. The second-order valence-electron chi connectivity index (χ2n) is 6.90. The highest BCUT2D eigenvalue weighted by atomic mass is 32.2. The smallest absolute Gasteiger partial charge is 0.307 e. The Hall–Kier alpha value is -2.36. The molecule has 0 fully saturated rings. The number of amides is 1. The number of benzene rings is 2. The van der Waals surface area contributed by atoms with Crippen molar-refractivity contribution in [3.8, 4) is 0 Å².